The normalized spacial score (nSPS) is 20.8. The minimum absolute atomic E-state index is 0.0945. The van der Waals surface area contributed by atoms with Crippen molar-refractivity contribution in [1.82, 2.24) is 0 Å². The molecular weight excluding hydrogens is 496 g/mol. The molecule has 0 fully saturated rings. The molecule has 0 amide bonds. The molecule has 0 saturated heterocycles. The number of rotatable bonds is 2. The van der Waals surface area contributed by atoms with Crippen LogP contribution < -0.4 is 9.47 Å². The van der Waals surface area contributed by atoms with Gasteiger partial charge in [0.15, 0.2) is 0 Å². The molecule has 4 heteroatoms. The van der Waals surface area contributed by atoms with E-state index in [1.165, 1.54) is 29.4 Å². The molecule has 2 aliphatic rings. The number of fused-ring (bicyclic) bond motifs is 4. The van der Waals surface area contributed by atoms with Gasteiger partial charge < -0.3 is 14.2 Å². The number of hydrogen-bond acceptors (Lipinski definition) is 4. The fraction of sp³-hybridized carbons (Fsp3) is 0.639. The van der Waals surface area contributed by atoms with E-state index in [0.29, 0.717) is 5.75 Å². The summed E-state index contributed by atoms with van der Waals surface area (Å²) in [6.45, 7) is 34.9. The van der Waals surface area contributed by atoms with E-state index in [2.05, 4.69) is 85.7 Å². The van der Waals surface area contributed by atoms with Crippen molar-refractivity contribution in [1.29, 1.82) is 0 Å². The molecule has 4 rings (SSSR count). The highest BCUT2D eigenvalue weighted by molar-refractivity contribution is 5.69. The Kier molecular flexibility index (Phi) is 13.1. The average Bonchev–Trinajstić information content (AvgIpc) is 3.20. The van der Waals surface area contributed by atoms with Crippen molar-refractivity contribution in [2.45, 2.75) is 127 Å². The van der Waals surface area contributed by atoms with Crippen LogP contribution in [0.3, 0.4) is 0 Å². The maximum Gasteiger partial charge on any atom is 0.513 e. The third-order valence-corrected chi connectivity index (χ3v) is 9.74. The van der Waals surface area contributed by atoms with E-state index in [0.717, 1.165) is 5.75 Å². The monoisotopic (exact) mass is 556 g/mol. The maximum absolute atomic E-state index is 11.9. The van der Waals surface area contributed by atoms with Crippen LogP contribution in [0.2, 0.25) is 0 Å². The highest BCUT2D eigenvalue weighted by Crippen LogP contribution is 2.77. The van der Waals surface area contributed by atoms with Crippen LogP contribution in [0.5, 0.6) is 11.5 Å². The zero-order chi connectivity index (χ0) is 31.9. The third-order valence-electron chi connectivity index (χ3n) is 9.74. The van der Waals surface area contributed by atoms with E-state index >= 15 is 0 Å². The van der Waals surface area contributed by atoms with Gasteiger partial charge in [-0.1, -0.05) is 123 Å². The maximum atomic E-state index is 11.9. The van der Waals surface area contributed by atoms with Crippen molar-refractivity contribution >= 4 is 6.16 Å². The first kappa shape index (κ1) is 37.5. The molecule has 0 heterocycles. The van der Waals surface area contributed by atoms with E-state index in [1.807, 2.05) is 61.5 Å². The molecule has 0 aromatic heterocycles. The molecule has 0 saturated carbocycles. The highest BCUT2D eigenvalue weighted by atomic mass is 16.7. The number of carbonyl (C=O) groups excluding carboxylic acids is 1. The van der Waals surface area contributed by atoms with Gasteiger partial charge in [0.2, 0.25) is 0 Å². The fourth-order valence-corrected chi connectivity index (χ4v) is 6.97. The summed E-state index contributed by atoms with van der Waals surface area (Å²) in [5, 5.41) is 0. The highest BCUT2D eigenvalue weighted by Gasteiger charge is 2.74. The second-order valence-corrected chi connectivity index (χ2v) is 11.4. The molecule has 4 nitrogen and oxygen atoms in total. The van der Waals surface area contributed by atoms with Crippen molar-refractivity contribution in [3.8, 4) is 11.5 Å². The molecule has 1 unspecified atom stereocenters. The predicted molar refractivity (Wildman–Crippen MR) is 172 cm³/mol. The minimum Gasteiger partial charge on any atom is -0.497 e. The van der Waals surface area contributed by atoms with Crippen LogP contribution in [0.25, 0.3) is 0 Å². The molecule has 228 valence electrons. The lowest BCUT2D eigenvalue weighted by atomic mass is 9.46. The fourth-order valence-electron chi connectivity index (χ4n) is 6.97. The van der Waals surface area contributed by atoms with Crippen LogP contribution >= 0.6 is 0 Å². The van der Waals surface area contributed by atoms with Crippen molar-refractivity contribution in [2.24, 2.45) is 10.8 Å². The van der Waals surface area contributed by atoms with E-state index in [9.17, 15) is 4.79 Å². The van der Waals surface area contributed by atoms with Crippen LogP contribution in [0.4, 0.5) is 4.79 Å². The summed E-state index contributed by atoms with van der Waals surface area (Å²) < 4.78 is 15.9. The SMILES string of the molecule is CC.CC.CC.CC.COC(=O)Oc1ccc2c(c1)C1(c3cc(OC)ccc3C(C)(C)C1(C)C)C(C)(C)C2(C)C. The van der Waals surface area contributed by atoms with Gasteiger partial charge in [-0.05, 0) is 68.2 Å². The predicted octanol–water partition coefficient (Wildman–Crippen LogP) is 10.9. The lowest BCUT2D eigenvalue weighted by molar-refractivity contribution is 0.00826. The Labute approximate surface area is 247 Å². The van der Waals surface area contributed by atoms with Gasteiger partial charge in [-0.15, -0.1) is 0 Å². The Bertz CT molecular complexity index is 1100. The van der Waals surface area contributed by atoms with Crippen LogP contribution in [0.15, 0.2) is 36.4 Å². The number of ether oxygens (including phenoxy) is 3. The molecule has 0 bridgehead atoms. The Morgan fingerprint density at radius 1 is 0.550 bits per heavy atom. The molecular formula is C36H60O4. The van der Waals surface area contributed by atoms with Crippen LogP contribution in [0, 0.1) is 10.8 Å². The first-order chi connectivity index (χ1) is 18.7. The summed E-state index contributed by atoms with van der Waals surface area (Å²) >= 11 is 0. The van der Waals surface area contributed by atoms with Crippen LogP contribution in [-0.2, 0) is 21.0 Å². The van der Waals surface area contributed by atoms with Gasteiger partial charge in [0.05, 0.1) is 14.2 Å². The van der Waals surface area contributed by atoms with Crippen molar-refractivity contribution in [3.05, 3.63) is 58.7 Å². The largest absolute Gasteiger partial charge is 0.513 e. The smallest absolute Gasteiger partial charge is 0.497 e. The number of benzene rings is 2. The Morgan fingerprint density at radius 3 is 1.25 bits per heavy atom. The lowest BCUT2D eigenvalue weighted by Gasteiger charge is -2.56. The van der Waals surface area contributed by atoms with Crippen molar-refractivity contribution in [3.63, 3.8) is 0 Å². The number of carbonyl (C=O) groups is 1. The summed E-state index contributed by atoms with van der Waals surface area (Å²) in [5.41, 5.74) is 4.32. The number of methoxy groups -OCH3 is 2. The average molecular weight is 557 g/mol. The molecule has 2 aliphatic carbocycles. The Morgan fingerprint density at radius 2 is 0.900 bits per heavy atom. The first-order valence-electron chi connectivity index (χ1n) is 15.3. The topological polar surface area (TPSA) is 44.8 Å². The van der Waals surface area contributed by atoms with Gasteiger partial charge in [-0.3, -0.25) is 0 Å². The molecule has 0 aliphatic heterocycles. The van der Waals surface area contributed by atoms with E-state index in [4.69, 9.17) is 14.2 Å². The second kappa shape index (κ2) is 13.9. The summed E-state index contributed by atoms with van der Waals surface area (Å²) in [7, 11) is 3.05. The summed E-state index contributed by atoms with van der Waals surface area (Å²) in [6, 6.07) is 12.6. The summed E-state index contributed by atoms with van der Waals surface area (Å²) in [5.74, 6) is 1.37. The zero-order valence-corrected chi connectivity index (χ0v) is 29.1. The summed E-state index contributed by atoms with van der Waals surface area (Å²) in [6.07, 6.45) is -0.705. The van der Waals surface area contributed by atoms with Gasteiger partial charge in [0.25, 0.3) is 0 Å². The molecule has 1 spiro atoms. The van der Waals surface area contributed by atoms with Crippen molar-refractivity contribution in [2.75, 3.05) is 14.2 Å². The lowest BCUT2D eigenvalue weighted by Crippen LogP contribution is -2.56. The molecule has 0 radical (unpaired) electrons. The first-order valence-corrected chi connectivity index (χ1v) is 15.3. The molecule has 40 heavy (non-hydrogen) atoms. The van der Waals surface area contributed by atoms with E-state index in [1.54, 1.807) is 7.11 Å². The molecule has 0 N–H and O–H groups in total. The Balaban J connectivity index is 0.00000175. The van der Waals surface area contributed by atoms with Gasteiger partial charge in [-0.2, -0.15) is 0 Å². The third kappa shape index (κ3) is 5.05. The van der Waals surface area contributed by atoms with Crippen LogP contribution in [0.1, 0.15) is 133 Å². The zero-order valence-electron chi connectivity index (χ0n) is 29.1. The minimum atomic E-state index is -0.705. The van der Waals surface area contributed by atoms with Gasteiger partial charge in [-0.25, -0.2) is 4.79 Å². The molecule has 2 aromatic rings. The van der Waals surface area contributed by atoms with Gasteiger partial charge in [0.1, 0.15) is 11.5 Å². The van der Waals surface area contributed by atoms with E-state index in [-0.39, 0.29) is 27.1 Å². The second-order valence-electron chi connectivity index (χ2n) is 11.4. The summed E-state index contributed by atoms with van der Waals surface area (Å²) in [4.78, 5) is 11.9. The standard InChI is InChI=1S/C28H36O4.4C2H6/c1-24(2)19-13-11-17(30-9)15-21(19)28(26(24,5)6)22-16-18(32-23(29)31-10)12-14-20(22)25(3,4)27(28,7)8;4*1-2/h11-16H,1-10H3;4*1-2H3. The molecule has 1 atom stereocenters. The quantitative estimate of drug-likeness (QED) is 0.272. The number of hydrogen-bond donors (Lipinski definition) is 0. The van der Waals surface area contributed by atoms with Gasteiger partial charge >= 0.3 is 6.16 Å². The van der Waals surface area contributed by atoms with E-state index < -0.39 is 6.16 Å². The molecule has 2 aromatic carbocycles. The van der Waals surface area contributed by atoms with Crippen molar-refractivity contribution < 1.29 is 19.0 Å². The Hall–Kier alpha value is -2.49. The van der Waals surface area contributed by atoms with Crippen LogP contribution in [-0.4, -0.2) is 20.4 Å². The van der Waals surface area contributed by atoms with Gasteiger partial charge in [0, 0.05) is 5.41 Å².